The molecule has 2 aromatic carbocycles. The number of hydrogen-bond donors (Lipinski definition) is 1. The third kappa shape index (κ3) is 1.54. The maximum Gasteiger partial charge on any atom is 0.231 e. The smallest absolute Gasteiger partial charge is 0.231 e. The molecule has 0 saturated heterocycles. The molecule has 0 radical (unpaired) electrons. The molecule has 4 heterocycles. The number of Topliss-reactive ketones (excluding diaryl/α,β-unsaturated/α-hetero) is 1. The molecule has 7 heteroatoms. The van der Waals surface area contributed by atoms with Gasteiger partial charge in [0.25, 0.3) is 0 Å². The van der Waals surface area contributed by atoms with Crippen LogP contribution in [0.3, 0.4) is 0 Å². The van der Waals surface area contributed by atoms with E-state index in [1.54, 1.807) is 30.3 Å². The van der Waals surface area contributed by atoms with Gasteiger partial charge >= 0.3 is 0 Å². The van der Waals surface area contributed by atoms with Crippen molar-refractivity contribution >= 4 is 16.8 Å². The standard InChI is InChI=1S/C19H12O7/c20-18-10-2-1-9-3-4-22-16(9)17(10)26-15-7-23-12-6-14-13(24-8-25-14)5-11(12)19(15,18)21/h1-6,15,21H,7-8H2. The van der Waals surface area contributed by atoms with Crippen LogP contribution in [0.4, 0.5) is 0 Å². The summed E-state index contributed by atoms with van der Waals surface area (Å²) in [6.07, 6.45) is 0.637. The SMILES string of the molecule is O=C1c2ccc3ccoc3c2OC2COc3cc4c(cc3C12O)OCO4. The Morgan fingerprint density at radius 1 is 1.04 bits per heavy atom. The molecule has 1 N–H and O–H groups in total. The van der Waals surface area contributed by atoms with Crippen LogP contribution in [-0.4, -0.2) is 30.4 Å². The Labute approximate surface area is 146 Å². The summed E-state index contributed by atoms with van der Waals surface area (Å²) in [7, 11) is 0. The van der Waals surface area contributed by atoms with Crippen molar-refractivity contribution in [2.75, 3.05) is 13.4 Å². The molecule has 0 bridgehead atoms. The fraction of sp³-hybridized carbons (Fsp3) is 0.211. The third-order valence-electron chi connectivity index (χ3n) is 5.17. The Morgan fingerprint density at radius 3 is 2.77 bits per heavy atom. The zero-order valence-corrected chi connectivity index (χ0v) is 13.4. The van der Waals surface area contributed by atoms with Gasteiger partial charge in [0.05, 0.1) is 11.8 Å². The first-order valence-corrected chi connectivity index (χ1v) is 8.17. The van der Waals surface area contributed by atoms with Crippen molar-refractivity contribution in [2.24, 2.45) is 0 Å². The predicted octanol–water partition coefficient (Wildman–Crippen LogP) is 2.39. The summed E-state index contributed by atoms with van der Waals surface area (Å²) in [6.45, 7) is 0.106. The maximum absolute atomic E-state index is 13.3. The highest BCUT2D eigenvalue weighted by molar-refractivity contribution is 6.10. The molecule has 26 heavy (non-hydrogen) atoms. The highest BCUT2D eigenvalue weighted by Crippen LogP contribution is 2.50. The first-order chi connectivity index (χ1) is 12.7. The van der Waals surface area contributed by atoms with Crippen LogP contribution < -0.4 is 18.9 Å². The average Bonchev–Trinajstić information content (AvgIpc) is 3.30. The van der Waals surface area contributed by atoms with E-state index in [2.05, 4.69) is 0 Å². The topological polar surface area (TPSA) is 87.4 Å². The van der Waals surface area contributed by atoms with Gasteiger partial charge in [-0.3, -0.25) is 4.79 Å². The quantitative estimate of drug-likeness (QED) is 0.665. The summed E-state index contributed by atoms with van der Waals surface area (Å²) < 4.78 is 27.9. The first kappa shape index (κ1) is 14.0. The molecule has 2 unspecified atom stereocenters. The van der Waals surface area contributed by atoms with Gasteiger partial charge in [-0.1, -0.05) is 6.07 Å². The van der Waals surface area contributed by atoms with Crippen LogP contribution >= 0.6 is 0 Å². The summed E-state index contributed by atoms with van der Waals surface area (Å²) >= 11 is 0. The van der Waals surface area contributed by atoms with Gasteiger partial charge in [-0.25, -0.2) is 0 Å². The van der Waals surface area contributed by atoms with E-state index >= 15 is 0 Å². The van der Waals surface area contributed by atoms with Gasteiger partial charge in [-0.05, 0) is 18.2 Å². The lowest BCUT2D eigenvalue weighted by Gasteiger charge is -2.42. The summed E-state index contributed by atoms with van der Waals surface area (Å²) in [5.41, 5.74) is -0.804. The summed E-state index contributed by atoms with van der Waals surface area (Å²) in [5.74, 6) is 1.24. The highest BCUT2D eigenvalue weighted by atomic mass is 16.7. The molecule has 0 aliphatic carbocycles. The number of benzene rings is 2. The number of furan rings is 1. The van der Waals surface area contributed by atoms with Crippen molar-refractivity contribution < 1.29 is 33.3 Å². The zero-order chi connectivity index (χ0) is 17.5. The Morgan fingerprint density at radius 2 is 1.88 bits per heavy atom. The molecule has 0 spiro atoms. The number of aliphatic hydroxyl groups is 1. The van der Waals surface area contributed by atoms with Gasteiger partial charge < -0.3 is 28.5 Å². The summed E-state index contributed by atoms with van der Waals surface area (Å²) in [6, 6.07) is 8.41. The van der Waals surface area contributed by atoms with Gasteiger partial charge in [0.2, 0.25) is 12.6 Å². The second kappa shape index (κ2) is 4.50. The van der Waals surface area contributed by atoms with Crippen molar-refractivity contribution in [2.45, 2.75) is 11.7 Å². The van der Waals surface area contributed by atoms with Gasteiger partial charge in [0, 0.05) is 17.0 Å². The molecule has 0 amide bonds. The second-order valence-corrected chi connectivity index (χ2v) is 6.50. The lowest BCUT2D eigenvalue weighted by molar-refractivity contribution is -0.0795. The fourth-order valence-corrected chi connectivity index (χ4v) is 3.84. The fourth-order valence-electron chi connectivity index (χ4n) is 3.84. The first-order valence-electron chi connectivity index (χ1n) is 8.17. The molecule has 3 aromatic rings. The summed E-state index contributed by atoms with van der Waals surface area (Å²) in [4.78, 5) is 13.3. The van der Waals surface area contributed by atoms with Gasteiger partial charge in [-0.2, -0.15) is 0 Å². The molecule has 6 rings (SSSR count). The molecule has 0 saturated carbocycles. The molecule has 130 valence electrons. The number of fused-ring (bicyclic) bond motifs is 7. The Bertz CT molecular complexity index is 1100. The number of rotatable bonds is 0. The van der Waals surface area contributed by atoms with Crippen LogP contribution in [0.2, 0.25) is 0 Å². The summed E-state index contributed by atoms with van der Waals surface area (Å²) in [5, 5.41) is 12.3. The third-order valence-corrected chi connectivity index (χ3v) is 5.17. The van der Waals surface area contributed by atoms with E-state index in [1.807, 2.05) is 0 Å². The van der Waals surface area contributed by atoms with E-state index in [9.17, 15) is 9.90 Å². The van der Waals surface area contributed by atoms with E-state index < -0.39 is 17.5 Å². The second-order valence-electron chi connectivity index (χ2n) is 6.50. The largest absolute Gasteiger partial charge is 0.489 e. The van der Waals surface area contributed by atoms with E-state index in [0.29, 0.717) is 34.1 Å². The van der Waals surface area contributed by atoms with E-state index in [1.165, 1.54) is 6.26 Å². The van der Waals surface area contributed by atoms with Crippen LogP contribution in [-0.2, 0) is 5.60 Å². The minimum atomic E-state index is -1.87. The van der Waals surface area contributed by atoms with E-state index in [-0.39, 0.29) is 19.0 Å². The lowest BCUT2D eigenvalue weighted by Crippen LogP contribution is -2.57. The number of carbonyl (C=O) groups is 1. The monoisotopic (exact) mass is 352 g/mol. The molecule has 0 fully saturated rings. The van der Waals surface area contributed by atoms with Crippen LogP contribution in [0.15, 0.2) is 41.0 Å². The Balaban J connectivity index is 1.59. The molecular formula is C19H12O7. The normalized spacial score (nSPS) is 25.1. The minimum absolute atomic E-state index is 0.0193. The average molecular weight is 352 g/mol. The number of ether oxygens (including phenoxy) is 4. The van der Waals surface area contributed by atoms with Crippen LogP contribution in [0, 0.1) is 0 Å². The van der Waals surface area contributed by atoms with Crippen LogP contribution in [0.25, 0.3) is 11.0 Å². The van der Waals surface area contributed by atoms with Crippen molar-refractivity contribution in [3.63, 3.8) is 0 Å². The Hall–Kier alpha value is -3.19. The van der Waals surface area contributed by atoms with Gasteiger partial charge in [0.1, 0.15) is 12.4 Å². The van der Waals surface area contributed by atoms with Gasteiger partial charge in [0.15, 0.2) is 34.5 Å². The van der Waals surface area contributed by atoms with E-state index in [0.717, 1.165) is 5.39 Å². The lowest BCUT2D eigenvalue weighted by atomic mass is 9.77. The number of carbonyl (C=O) groups excluding carboxylic acids is 1. The number of ketones is 1. The molecule has 3 aliphatic heterocycles. The molecule has 3 aliphatic rings. The molecule has 1 aromatic heterocycles. The van der Waals surface area contributed by atoms with Gasteiger partial charge in [-0.15, -0.1) is 0 Å². The van der Waals surface area contributed by atoms with Crippen molar-refractivity contribution in [1.82, 2.24) is 0 Å². The predicted molar refractivity (Wildman–Crippen MR) is 86.9 cm³/mol. The Kier molecular flexibility index (Phi) is 2.43. The van der Waals surface area contributed by atoms with Crippen LogP contribution in [0.5, 0.6) is 23.0 Å². The maximum atomic E-state index is 13.3. The molecule has 7 nitrogen and oxygen atoms in total. The highest BCUT2D eigenvalue weighted by Gasteiger charge is 2.56. The zero-order valence-electron chi connectivity index (χ0n) is 13.4. The van der Waals surface area contributed by atoms with Crippen molar-refractivity contribution in [1.29, 1.82) is 0 Å². The van der Waals surface area contributed by atoms with Crippen molar-refractivity contribution in [3.05, 3.63) is 47.7 Å². The van der Waals surface area contributed by atoms with Crippen molar-refractivity contribution in [3.8, 4) is 23.0 Å². The van der Waals surface area contributed by atoms with E-state index in [4.69, 9.17) is 23.4 Å². The number of hydrogen-bond acceptors (Lipinski definition) is 7. The molecule has 2 atom stereocenters. The van der Waals surface area contributed by atoms with Crippen LogP contribution in [0.1, 0.15) is 15.9 Å². The minimum Gasteiger partial charge on any atom is -0.489 e. The molecular weight excluding hydrogens is 340 g/mol.